The molecule has 4 heteroatoms. The third-order valence-corrected chi connectivity index (χ3v) is 10.3. The maximum atomic E-state index is 13.1. The van der Waals surface area contributed by atoms with E-state index in [1.165, 1.54) is 0 Å². The van der Waals surface area contributed by atoms with Crippen LogP contribution >= 0.6 is 0 Å². The fourth-order valence-corrected chi connectivity index (χ4v) is 8.73. The first-order valence-electron chi connectivity index (χ1n) is 12.1. The Morgan fingerprint density at radius 1 is 1.10 bits per heavy atom. The summed E-state index contributed by atoms with van der Waals surface area (Å²) in [5.41, 5.74) is 0.192. The van der Waals surface area contributed by atoms with Gasteiger partial charge in [-0.15, -0.1) is 0 Å². The van der Waals surface area contributed by atoms with Gasteiger partial charge >= 0.3 is 5.97 Å². The van der Waals surface area contributed by atoms with Gasteiger partial charge in [0.2, 0.25) is 0 Å². The highest BCUT2D eigenvalue weighted by atomic mass is 16.5. The minimum atomic E-state index is -0.284. The summed E-state index contributed by atoms with van der Waals surface area (Å²) < 4.78 is 6.26. The van der Waals surface area contributed by atoms with Crippen LogP contribution in [0, 0.1) is 33.5 Å². The molecule has 4 aliphatic carbocycles. The Morgan fingerprint density at radius 2 is 1.84 bits per heavy atom. The number of hydrogen-bond acceptors (Lipinski definition) is 4. The van der Waals surface area contributed by atoms with Gasteiger partial charge in [-0.05, 0) is 72.8 Å². The molecule has 0 aromatic heterocycles. The van der Waals surface area contributed by atoms with E-state index in [4.69, 9.17) is 4.74 Å². The lowest BCUT2D eigenvalue weighted by atomic mass is 9.37. The molecule has 1 aromatic carbocycles. The average Bonchev–Trinajstić information content (AvgIpc) is 3.08. The van der Waals surface area contributed by atoms with Crippen molar-refractivity contribution < 1.29 is 19.4 Å². The predicted molar refractivity (Wildman–Crippen MR) is 118 cm³/mol. The van der Waals surface area contributed by atoms with Crippen LogP contribution < -0.4 is 0 Å². The lowest BCUT2D eigenvalue weighted by molar-refractivity contribution is -0.224. The highest BCUT2D eigenvalue weighted by molar-refractivity contribution is 5.89. The van der Waals surface area contributed by atoms with E-state index in [9.17, 15) is 14.7 Å². The van der Waals surface area contributed by atoms with E-state index in [1.807, 2.05) is 18.2 Å². The van der Waals surface area contributed by atoms with E-state index >= 15 is 0 Å². The minimum Gasteiger partial charge on any atom is -0.458 e. The van der Waals surface area contributed by atoms with Crippen molar-refractivity contribution in [2.75, 3.05) is 6.61 Å². The SMILES string of the molecule is CC12CCC3(C1)C(CC2=O)C[C@@H](OC(=O)c1ccccc1)C1C(C)(CO)CCC[C@@]13C. The molecule has 4 nitrogen and oxygen atoms in total. The third-order valence-electron chi connectivity index (χ3n) is 10.3. The van der Waals surface area contributed by atoms with Gasteiger partial charge in [-0.3, -0.25) is 4.79 Å². The van der Waals surface area contributed by atoms with Crippen LogP contribution in [0.2, 0.25) is 0 Å². The smallest absolute Gasteiger partial charge is 0.338 e. The highest BCUT2D eigenvalue weighted by Gasteiger charge is 2.72. The lowest BCUT2D eigenvalue weighted by Crippen LogP contribution is -2.65. The van der Waals surface area contributed by atoms with Gasteiger partial charge in [0, 0.05) is 24.4 Å². The van der Waals surface area contributed by atoms with Crippen molar-refractivity contribution in [3.05, 3.63) is 35.9 Å². The molecule has 4 saturated carbocycles. The van der Waals surface area contributed by atoms with Crippen molar-refractivity contribution in [2.45, 2.75) is 78.2 Å². The van der Waals surface area contributed by atoms with Crippen molar-refractivity contribution in [1.82, 2.24) is 0 Å². The second kappa shape index (κ2) is 6.91. The molecule has 0 heterocycles. The number of ketones is 1. The van der Waals surface area contributed by atoms with E-state index in [0.29, 0.717) is 17.8 Å². The summed E-state index contributed by atoms with van der Waals surface area (Å²) in [6.45, 7) is 6.89. The summed E-state index contributed by atoms with van der Waals surface area (Å²) in [6, 6.07) is 9.20. The molecule has 2 bridgehead atoms. The van der Waals surface area contributed by atoms with Crippen LogP contribution in [0.5, 0.6) is 0 Å². The molecular weight excluding hydrogens is 388 g/mol. The summed E-state index contributed by atoms with van der Waals surface area (Å²) in [6.07, 6.45) is 7.28. The fourth-order valence-electron chi connectivity index (χ4n) is 8.73. The number of Topliss-reactive ketones (excluding diaryl/α,β-unsaturated/α-hetero) is 1. The molecule has 1 N–H and O–H groups in total. The summed E-state index contributed by atoms with van der Waals surface area (Å²) in [5.74, 6) is 0.499. The average molecular weight is 425 g/mol. The van der Waals surface area contributed by atoms with Gasteiger partial charge in [0.15, 0.2) is 0 Å². The summed E-state index contributed by atoms with van der Waals surface area (Å²) in [4.78, 5) is 26.1. The van der Waals surface area contributed by atoms with Gasteiger partial charge < -0.3 is 9.84 Å². The van der Waals surface area contributed by atoms with Gasteiger partial charge in [-0.1, -0.05) is 45.4 Å². The normalized spacial score (nSPS) is 46.2. The number of ether oxygens (including phenoxy) is 1. The zero-order valence-electron chi connectivity index (χ0n) is 19.2. The van der Waals surface area contributed by atoms with Crippen molar-refractivity contribution in [3.8, 4) is 0 Å². The van der Waals surface area contributed by atoms with Crippen LogP contribution in [0.4, 0.5) is 0 Å². The number of aliphatic hydroxyl groups excluding tert-OH is 1. The summed E-state index contributed by atoms with van der Waals surface area (Å²) >= 11 is 0. The Labute approximate surface area is 185 Å². The van der Waals surface area contributed by atoms with Crippen LogP contribution in [0.1, 0.15) is 82.5 Å². The predicted octanol–water partition coefficient (Wildman–Crippen LogP) is 5.19. The zero-order chi connectivity index (χ0) is 22.1. The van der Waals surface area contributed by atoms with Crippen molar-refractivity contribution in [1.29, 1.82) is 0 Å². The monoisotopic (exact) mass is 424 g/mol. The van der Waals surface area contributed by atoms with Crippen molar-refractivity contribution >= 4 is 11.8 Å². The first-order chi connectivity index (χ1) is 14.7. The topological polar surface area (TPSA) is 63.6 Å². The molecule has 0 amide bonds. The maximum Gasteiger partial charge on any atom is 0.338 e. The molecule has 168 valence electrons. The number of aliphatic hydroxyl groups is 1. The molecule has 0 saturated heterocycles. The van der Waals surface area contributed by atoms with E-state index < -0.39 is 0 Å². The number of hydrogen-bond donors (Lipinski definition) is 1. The largest absolute Gasteiger partial charge is 0.458 e. The van der Waals surface area contributed by atoms with Crippen molar-refractivity contribution in [3.63, 3.8) is 0 Å². The summed E-state index contributed by atoms with van der Waals surface area (Å²) in [7, 11) is 0. The number of carbonyl (C=O) groups excluding carboxylic acids is 2. The second-order valence-corrected chi connectivity index (χ2v) is 11.8. The first kappa shape index (κ1) is 21.2. The Balaban J connectivity index is 1.57. The Hall–Kier alpha value is -1.68. The second-order valence-electron chi connectivity index (χ2n) is 11.8. The van der Waals surface area contributed by atoms with Crippen LogP contribution in [-0.4, -0.2) is 29.6 Å². The number of benzene rings is 1. The number of carbonyl (C=O) groups is 2. The molecule has 31 heavy (non-hydrogen) atoms. The molecule has 4 fully saturated rings. The molecule has 0 radical (unpaired) electrons. The molecule has 0 aliphatic heterocycles. The van der Waals surface area contributed by atoms with Crippen LogP contribution in [0.3, 0.4) is 0 Å². The Morgan fingerprint density at radius 3 is 2.55 bits per heavy atom. The quantitative estimate of drug-likeness (QED) is 0.679. The number of rotatable bonds is 3. The van der Waals surface area contributed by atoms with Gasteiger partial charge in [-0.25, -0.2) is 4.79 Å². The van der Waals surface area contributed by atoms with Gasteiger partial charge in [0.25, 0.3) is 0 Å². The Bertz CT molecular complexity index is 896. The number of esters is 1. The zero-order valence-corrected chi connectivity index (χ0v) is 19.2. The lowest BCUT2D eigenvalue weighted by Gasteiger charge is -2.67. The van der Waals surface area contributed by atoms with E-state index in [2.05, 4.69) is 20.8 Å². The number of fused-ring (bicyclic) bond motifs is 2. The van der Waals surface area contributed by atoms with Gasteiger partial charge in [-0.2, -0.15) is 0 Å². The molecule has 4 aliphatic rings. The van der Waals surface area contributed by atoms with Crippen LogP contribution in [0.25, 0.3) is 0 Å². The van der Waals surface area contributed by atoms with E-state index in [0.717, 1.165) is 44.9 Å². The maximum absolute atomic E-state index is 13.1. The fraction of sp³-hybridized carbons (Fsp3) is 0.704. The molecule has 1 aromatic rings. The van der Waals surface area contributed by atoms with Gasteiger partial charge in [0.1, 0.15) is 11.9 Å². The minimum absolute atomic E-state index is 0.0360. The highest BCUT2D eigenvalue weighted by Crippen LogP contribution is 2.75. The van der Waals surface area contributed by atoms with Crippen LogP contribution in [0.15, 0.2) is 30.3 Å². The van der Waals surface area contributed by atoms with E-state index in [-0.39, 0.29) is 52.2 Å². The van der Waals surface area contributed by atoms with E-state index in [1.54, 1.807) is 12.1 Å². The molecular formula is C27H36O4. The van der Waals surface area contributed by atoms with Gasteiger partial charge in [0.05, 0.1) is 5.56 Å². The molecule has 1 spiro atoms. The standard InChI is InChI=1S/C27H36O4/c1-24-12-13-27(16-24)19(15-21(24)29)14-20(31-23(30)18-8-5-4-6-9-18)22-25(2,17-28)10-7-11-26(22,27)3/h4-6,8-9,19-20,22,28H,7,10-17H2,1-3H3/t19?,20-,22?,24?,25?,26+,27?/m1/s1. The van der Waals surface area contributed by atoms with Crippen LogP contribution in [-0.2, 0) is 9.53 Å². The van der Waals surface area contributed by atoms with Crippen molar-refractivity contribution in [2.24, 2.45) is 33.5 Å². The first-order valence-corrected chi connectivity index (χ1v) is 12.1. The molecule has 5 rings (SSSR count). The third kappa shape index (κ3) is 2.83. The Kier molecular flexibility index (Phi) is 4.72. The molecule has 7 atom stereocenters. The molecule has 5 unspecified atom stereocenters. The summed E-state index contributed by atoms with van der Waals surface area (Å²) in [5, 5.41) is 10.5.